The quantitative estimate of drug-likeness (QED) is 0.616. The van der Waals surface area contributed by atoms with Crippen LogP contribution in [0.5, 0.6) is 11.5 Å². The second-order valence-electron chi connectivity index (χ2n) is 4.75. The van der Waals surface area contributed by atoms with Gasteiger partial charge in [-0.05, 0) is 29.8 Å². The van der Waals surface area contributed by atoms with Gasteiger partial charge in [-0.1, -0.05) is 28.1 Å². The van der Waals surface area contributed by atoms with Crippen molar-refractivity contribution >= 4 is 27.6 Å². The molecule has 0 heterocycles. The summed E-state index contributed by atoms with van der Waals surface area (Å²) in [6.07, 6.45) is 0. The number of nitrogens with zero attached hydrogens (tertiary/aromatic N) is 1. The number of ether oxygens (including phenoxy) is 2. The standard InChI is InChI=1S/C17H20BrN3O2/c1-19-17(20-11-12-4-6-13(18)7-5-12)21-14-8-9-15(22-2)16(10-14)23-3/h4-10H,11H2,1-3H3,(H2,19,20,21). The third-order valence-corrected chi connectivity index (χ3v) is 3.77. The van der Waals surface area contributed by atoms with Crippen molar-refractivity contribution in [3.63, 3.8) is 0 Å². The zero-order chi connectivity index (χ0) is 16.7. The fourth-order valence-electron chi connectivity index (χ4n) is 2.02. The van der Waals surface area contributed by atoms with Crippen LogP contribution in [0.3, 0.4) is 0 Å². The van der Waals surface area contributed by atoms with E-state index in [0.717, 1.165) is 10.2 Å². The van der Waals surface area contributed by atoms with Gasteiger partial charge in [0.05, 0.1) is 14.2 Å². The fourth-order valence-corrected chi connectivity index (χ4v) is 2.28. The number of halogens is 1. The Balaban J connectivity index is 2.00. The zero-order valence-corrected chi connectivity index (χ0v) is 15.0. The highest BCUT2D eigenvalue weighted by atomic mass is 79.9. The van der Waals surface area contributed by atoms with E-state index < -0.39 is 0 Å². The van der Waals surface area contributed by atoms with Crippen molar-refractivity contribution in [3.05, 3.63) is 52.5 Å². The molecule has 2 N–H and O–H groups in total. The molecule has 0 saturated carbocycles. The molecule has 0 aliphatic carbocycles. The average molecular weight is 378 g/mol. The van der Waals surface area contributed by atoms with Crippen LogP contribution in [-0.4, -0.2) is 27.2 Å². The predicted octanol–water partition coefficient (Wildman–Crippen LogP) is 3.65. The van der Waals surface area contributed by atoms with Crippen LogP contribution >= 0.6 is 15.9 Å². The molecule has 2 aromatic carbocycles. The topological polar surface area (TPSA) is 54.9 Å². The molecule has 0 aliphatic heterocycles. The van der Waals surface area contributed by atoms with Crippen molar-refractivity contribution in [3.8, 4) is 11.5 Å². The number of hydrogen-bond donors (Lipinski definition) is 2. The van der Waals surface area contributed by atoms with Gasteiger partial charge in [-0.2, -0.15) is 0 Å². The molecule has 5 nitrogen and oxygen atoms in total. The molecule has 2 rings (SSSR count). The second kappa shape index (κ2) is 8.43. The molecule has 0 unspecified atom stereocenters. The Morgan fingerprint density at radius 3 is 2.35 bits per heavy atom. The monoisotopic (exact) mass is 377 g/mol. The SMILES string of the molecule is CN=C(NCc1ccc(Br)cc1)Nc1ccc(OC)c(OC)c1. The van der Waals surface area contributed by atoms with Gasteiger partial charge >= 0.3 is 0 Å². The first-order valence-electron chi connectivity index (χ1n) is 7.10. The van der Waals surface area contributed by atoms with Gasteiger partial charge in [0.1, 0.15) is 0 Å². The lowest BCUT2D eigenvalue weighted by atomic mass is 10.2. The van der Waals surface area contributed by atoms with Gasteiger partial charge in [-0.15, -0.1) is 0 Å². The van der Waals surface area contributed by atoms with Crippen molar-refractivity contribution < 1.29 is 9.47 Å². The predicted molar refractivity (Wildman–Crippen MR) is 97.5 cm³/mol. The zero-order valence-electron chi connectivity index (χ0n) is 13.4. The highest BCUT2D eigenvalue weighted by Gasteiger charge is 2.06. The second-order valence-corrected chi connectivity index (χ2v) is 5.66. The van der Waals surface area contributed by atoms with Crippen LogP contribution in [0.1, 0.15) is 5.56 Å². The maximum Gasteiger partial charge on any atom is 0.195 e. The molecule has 2 aromatic rings. The van der Waals surface area contributed by atoms with Crippen LogP contribution in [-0.2, 0) is 6.54 Å². The largest absolute Gasteiger partial charge is 0.493 e. The smallest absolute Gasteiger partial charge is 0.195 e. The Bertz CT molecular complexity index is 672. The molecule has 0 bridgehead atoms. The molecule has 23 heavy (non-hydrogen) atoms. The van der Waals surface area contributed by atoms with Crippen LogP contribution < -0.4 is 20.1 Å². The van der Waals surface area contributed by atoms with E-state index >= 15 is 0 Å². The number of aliphatic imine (C=N–C) groups is 1. The maximum atomic E-state index is 5.30. The van der Waals surface area contributed by atoms with E-state index in [0.29, 0.717) is 24.0 Å². The van der Waals surface area contributed by atoms with Gasteiger partial charge in [0.15, 0.2) is 17.5 Å². The summed E-state index contributed by atoms with van der Waals surface area (Å²) in [6.45, 7) is 0.681. The summed E-state index contributed by atoms with van der Waals surface area (Å²) in [5.74, 6) is 2.04. The van der Waals surface area contributed by atoms with Crippen molar-refractivity contribution in [2.45, 2.75) is 6.54 Å². The van der Waals surface area contributed by atoms with Crippen LogP contribution in [0.2, 0.25) is 0 Å². The summed E-state index contributed by atoms with van der Waals surface area (Å²) in [4.78, 5) is 4.23. The molecule has 0 spiro atoms. The lowest BCUT2D eigenvalue weighted by Crippen LogP contribution is -2.30. The number of guanidine groups is 1. The lowest BCUT2D eigenvalue weighted by Gasteiger charge is -2.14. The lowest BCUT2D eigenvalue weighted by molar-refractivity contribution is 0.355. The van der Waals surface area contributed by atoms with E-state index in [1.165, 1.54) is 5.56 Å². The van der Waals surface area contributed by atoms with Gasteiger partial charge < -0.3 is 20.1 Å². The molecule has 0 amide bonds. The number of nitrogens with one attached hydrogen (secondary N) is 2. The third-order valence-electron chi connectivity index (χ3n) is 3.24. The van der Waals surface area contributed by atoms with E-state index in [9.17, 15) is 0 Å². The Kier molecular flexibility index (Phi) is 6.29. The maximum absolute atomic E-state index is 5.30. The molecule has 122 valence electrons. The molecule has 0 saturated heterocycles. The summed E-state index contributed by atoms with van der Waals surface area (Å²) in [5.41, 5.74) is 2.04. The summed E-state index contributed by atoms with van der Waals surface area (Å²) in [6, 6.07) is 13.8. The van der Waals surface area contributed by atoms with Gasteiger partial charge in [0, 0.05) is 29.8 Å². The minimum atomic E-state index is 0.667. The average Bonchev–Trinajstić information content (AvgIpc) is 2.59. The number of benzene rings is 2. The first-order chi connectivity index (χ1) is 11.2. The van der Waals surface area contributed by atoms with E-state index in [4.69, 9.17) is 9.47 Å². The first kappa shape index (κ1) is 17.1. The number of hydrogen-bond acceptors (Lipinski definition) is 3. The van der Waals surface area contributed by atoms with Gasteiger partial charge in [0.2, 0.25) is 0 Å². The van der Waals surface area contributed by atoms with Crippen LogP contribution in [0.25, 0.3) is 0 Å². The Morgan fingerprint density at radius 2 is 1.74 bits per heavy atom. The molecular formula is C17H20BrN3O2. The van der Waals surface area contributed by atoms with Gasteiger partial charge in [0.25, 0.3) is 0 Å². The van der Waals surface area contributed by atoms with E-state index in [1.54, 1.807) is 21.3 Å². The minimum absolute atomic E-state index is 0.667. The van der Waals surface area contributed by atoms with Crippen molar-refractivity contribution in [2.75, 3.05) is 26.6 Å². The number of methoxy groups -OCH3 is 2. The summed E-state index contributed by atoms with van der Waals surface area (Å²) >= 11 is 3.43. The molecule has 0 fully saturated rings. The molecule has 0 aliphatic rings. The third kappa shape index (κ3) is 4.89. The van der Waals surface area contributed by atoms with Crippen molar-refractivity contribution in [1.82, 2.24) is 5.32 Å². The van der Waals surface area contributed by atoms with E-state index in [1.807, 2.05) is 30.3 Å². The summed E-state index contributed by atoms with van der Waals surface area (Å²) < 4.78 is 11.6. The molecule has 0 atom stereocenters. The summed E-state index contributed by atoms with van der Waals surface area (Å²) in [7, 11) is 4.96. The minimum Gasteiger partial charge on any atom is -0.493 e. The molecule has 6 heteroatoms. The fraction of sp³-hybridized carbons (Fsp3) is 0.235. The van der Waals surface area contributed by atoms with Crippen molar-refractivity contribution in [2.24, 2.45) is 4.99 Å². The number of rotatable bonds is 5. The van der Waals surface area contributed by atoms with Crippen LogP contribution in [0, 0.1) is 0 Å². The molecule has 0 aromatic heterocycles. The van der Waals surface area contributed by atoms with E-state index in [-0.39, 0.29) is 0 Å². The van der Waals surface area contributed by atoms with Crippen molar-refractivity contribution in [1.29, 1.82) is 0 Å². The molecular weight excluding hydrogens is 358 g/mol. The Labute approximate surface area is 144 Å². The highest BCUT2D eigenvalue weighted by molar-refractivity contribution is 9.10. The Morgan fingerprint density at radius 1 is 1.04 bits per heavy atom. The van der Waals surface area contributed by atoms with Gasteiger partial charge in [-0.3, -0.25) is 4.99 Å². The van der Waals surface area contributed by atoms with Crippen LogP contribution in [0.4, 0.5) is 5.69 Å². The highest BCUT2D eigenvalue weighted by Crippen LogP contribution is 2.29. The number of anilines is 1. The Hall–Kier alpha value is -2.21. The molecule has 0 radical (unpaired) electrons. The van der Waals surface area contributed by atoms with Crippen LogP contribution in [0.15, 0.2) is 51.9 Å². The summed E-state index contributed by atoms with van der Waals surface area (Å²) in [5, 5.41) is 6.50. The normalized spacial score (nSPS) is 11.0. The first-order valence-corrected chi connectivity index (χ1v) is 7.89. The van der Waals surface area contributed by atoms with E-state index in [2.05, 4.69) is 43.7 Å². The van der Waals surface area contributed by atoms with Gasteiger partial charge in [-0.25, -0.2) is 0 Å².